The molecule has 88 valence electrons. The second-order valence-corrected chi connectivity index (χ2v) is 5.57. The Kier molecular flexibility index (Phi) is 4.75. The maximum atomic E-state index is 11.6. The zero-order chi connectivity index (χ0) is 12.1. The molecule has 0 aliphatic carbocycles. The number of amides is 1. The van der Waals surface area contributed by atoms with E-state index in [9.17, 15) is 4.79 Å². The monoisotopic (exact) mass is 305 g/mol. The van der Waals surface area contributed by atoms with Crippen LogP contribution in [0.1, 0.15) is 12.0 Å². The zero-order valence-corrected chi connectivity index (χ0v) is 11.1. The average molecular weight is 306 g/mol. The summed E-state index contributed by atoms with van der Waals surface area (Å²) in [5, 5.41) is 13.1. The van der Waals surface area contributed by atoms with Crippen LogP contribution in [0.4, 0.5) is 0 Å². The van der Waals surface area contributed by atoms with Crippen molar-refractivity contribution in [3.05, 3.63) is 20.8 Å². The molecule has 16 heavy (non-hydrogen) atoms. The summed E-state index contributed by atoms with van der Waals surface area (Å²) >= 11 is 4.92. The molecule has 1 aromatic heterocycles. The van der Waals surface area contributed by atoms with E-state index in [0.29, 0.717) is 6.54 Å². The van der Waals surface area contributed by atoms with Gasteiger partial charge in [0.05, 0.1) is 10.2 Å². The summed E-state index contributed by atoms with van der Waals surface area (Å²) in [5.41, 5.74) is 6.30. The van der Waals surface area contributed by atoms with Crippen LogP contribution in [-0.4, -0.2) is 28.9 Å². The minimum Gasteiger partial charge on any atom is -0.409 e. The molecule has 1 amide bonds. The van der Waals surface area contributed by atoms with Gasteiger partial charge in [-0.15, -0.1) is 11.3 Å². The first kappa shape index (κ1) is 13.0. The fraction of sp³-hybridized carbons (Fsp3) is 0.333. The van der Waals surface area contributed by atoms with Crippen molar-refractivity contribution in [3.63, 3.8) is 0 Å². The molecule has 1 heterocycles. The second kappa shape index (κ2) is 5.86. The van der Waals surface area contributed by atoms with Crippen LogP contribution in [0.3, 0.4) is 0 Å². The van der Waals surface area contributed by atoms with Crippen molar-refractivity contribution in [2.75, 3.05) is 7.05 Å². The Bertz CT molecular complexity index is 405. The van der Waals surface area contributed by atoms with Crippen LogP contribution in [0.15, 0.2) is 20.4 Å². The van der Waals surface area contributed by atoms with Gasteiger partial charge in [0.2, 0.25) is 5.91 Å². The van der Waals surface area contributed by atoms with Crippen LogP contribution in [0, 0.1) is 0 Å². The molecular formula is C9H12BrN3O2S. The highest BCUT2D eigenvalue weighted by atomic mass is 79.9. The lowest BCUT2D eigenvalue weighted by Crippen LogP contribution is -2.30. The molecule has 0 bridgehead atoms. The number of rotatable bonds is 4. The molecular weight excluding hydrogens is 294 g/mol. The summed E-state index contributed by atoms with van der Waals surface area (Å²) in [6.45, 7) is 0.514. The Hall–Kier alpha value is -1.08. The lowest BCUT2D eigenvalue weighted by atomic mass is 10.3. The molecule has 1 aromatic rings. The Morgan fingerprint density at radius 2 is 2.44 bits per heavy atom. The number of nitrogens with two attached hydrogens (primary N) is 1. The molecule has 0 aliphatic rings. The number of hydrogen-bond donors (Lipinski definition) is 2. The molecule has 0 unspecified atom stereocenters. The molecule has 1 rings (SSSR count). The van der Waals surface area contributed by atoms with Gasteiger partial charge >= 0.3 is 0 Å². The SMILES string of the molecule is CN(Cc1csc(Br)c1)C(=O)CC(N)=NO. The number of amidine groups is 1. The molecule has 7 heteroatoms. The van der Waals surface area contributed by atoms with Gasteiger partial charge in [0, 0.05) is 13.6 Å². The summed E-state index contributed by atoms with van der Waals surface area (Å²) in [6.07, 6.45) is -0.0711. The van der Waals surface area contributed by atoms with Gasteiger partial charge in [0.1, 0.15) is 5.84 Å². The summed E-state index contributed by atoms with van der Waals surface area (Å²) in [5.74, 6) is -0.263. The Morgan fingerprint density at radius 3 is 2.94 bits per heavy atom. The number of carbonyl (C=O) groups is 1. The van der Waals surface area contributed by atoms with Gasteiger partial charge in [-0.2, -0.15) is 0 Å². The standard InChI is InChI=1S/C9H12BrN3O2S/c1-13(9(14)3-8(11)12-15)4-6-2-7(10)16-5-6/h2,5,15H,3-4H2,1H3,(H2,11,12). The van der Waals surface area contributed by atoms with E-state index in [1.54, 1.807) is 18.4 Å². The third-order valence-corrected chi connectivity index (χ3v) is 3.48. The Balaban J connectivity index is 2.52. The minimum absolute atomic E-state index is 0.0711. The first-order valence-electron chi connectivity index (χ1n) is 4.46. The third-order valence-electron chi connectivity index (χ3n) is 1.93. The predicted octanol–water partition coefficient (Wildman–Crippen LogP) is 1.61. The lowest BCUT2D eigenvalue weighted by molar-refractivity contribution is -0.129. The fourth-order valence-corrected chi connectivity index (χ4v) is 2.32. The molecule has 0 radical (unpaired) electrons. The van der Waals surface area contributed by atoms with Gasteiger partial charge in [-0.25, -0.2) is 0 Å². The highest BCUT2D eigenvalue weighted by Crippen LogP contribution is 2.21. The number of nitrogens with zero attached hydrogens (tertiary/aromatic N) is 2. The van der Waals surface area contributed by atoms with Crippen molar-refractivity contribution in [2.24, 2.45) is 10.9 Å². The van der Waals surface area contributed by atoms with Crippen LogP contribution >= 0.6 is 27.3 Å². The van der Waals surface area contributed by atoms with E-state index in [1.807, 2.05) is 11.4 Å². The maximum Gasteiger partial charge on any atom is 0.230 e. The van der Waals surface area contributed by atoms with Crippen molar-refractivity contribution < 1.29 is 10.0 Å². The largest absolute Gasteiger partial charge is 0.409 e. The first-order valence-corrected chi connectivity index (χ1v) is 6.13. The van der Waals surface area contributed by atoms with Gasteiger partial charge < -0.3 is 15.8 Å². The van der Waals surface area contributed by atoms with Crippen LogP contribution in [0.5, 0.6) is 0 Å². The molecule has 0 spiro atoms. The zero-order valence-electron chi connectivity index (χ0n) is 8.68. The molecule has 0 aliphatic heterocycles. The van der Waals surface area contributed by atoms with E-state index >= 15 is 0 Å². The number of thiophene rings is 1. The highest BCUT2D eigenvalue weighted by Gasteiger charge is 2.11. The summed E-state index contributed by atoms with van der Waals surface area (Å²) in [7, 11) is 1.68. The van der Waals surface area contributed by atoms with E-state index in [-0.39, 0.29) is 18.2 Å². The molecule has 3 N–H and O–H groups in total. The second-order valence-electron chi connectivity index (χ2n) is 3.28. The van der Waals surface area contributed by atoms with Gasteiger partial charge in [-0.3, -0.25) is 4.79 Å². The van der Waals surface area contributed by atoms with Gasteiger partial charge in [0.25, 0.3) is 0 Å². The average Bonchev–Trinajstić information content (AvgIpc) is 2.63. The van der Waals surface area contributed by atoms with Crippen LogP contribution in [0.25, 0.3) is 0 Å². The first-order chi connectivity index (χ1) is 7.52. The van der Waals surface area contributed by atoms with E-state index in [4.69, 9.17) is 10.9 Å². The molecule has 0 aromatic carbocycles. The number of oxime groups is 1. The smallest absolute Gasteiger partial charge is 0.230 e. The van der Waals surface area contributed by atoms with E-state index in [1.165, 1.54) is 4.90 Å². The molecule has 0 fully saturated rings. The lowest BCUT2D eigenvalue weighted by Gasteiger charge is -2.15. The summed E-state index contributed by atoms with van der Waals surface area (Å²) in [4.78, 5) is 13.1. The molecule has 0 atom stereocenters. The van der Waals surface area contributed by atoms with Crippen LogP contribution in [0.2, 0.25) is 0 Å². The summed E-state index contributed by atoms with van der Waals surface area (Å²) < 4.78 is 1.03. The van der Waals surface area contributed by atoms with E-state index in [0.717, 1.165) is 9.35 Å². The number of halogens is 1. The van der Waals surface area contributed by atoms with Crippen LogP contribution in [-0.2, 0) is 11.3 Å². The van der Waals surface area contributed by atoms with Crippen molar-refractivity contribution >= 4 is 39.0 Å². The predicted molar refractivity (Wildman–Crippen MR) is 66.5 cm³/mol. The van der Waals surface area contributed by atoms with E-state index in [2.05, 4.69) is 21.1 Å². The van der Waals surface area contributed by atoms with Gasteiger partial charge in [-0.1, -0.05) is 5.16 Å². The van der Waals surface area contributed by atoms with E-state index < -0.39 is 0 Å². The van der Waals surface area contributed by atoms with Gasteiger partial charge in [-0.05, 0) is 32.9 Å². The van der Waals surface area contributed by atoms with Crippen molar-refractivity contribution in [3.8, 4) is 0 Å². The van der Waals surface area contributed by atoms with Gasteiger partial charge in [0.15, 0.2) is 0 Å². The normalized spacial score (nSPS) is 11.5. The molecule has 0 saturated heterocycles. The maximum absolute atomic E-state index is 11.6. The number of hydrogen-bond acceptors (Lipinski definition) is 4. The van der Waals surface area contributed by atoms with Crippen molar-refractivity contribution in [2.45, 2.75) is 13.0 Å². The quantitative estimate of drug-likeness (QED) is 0.384. The molecule has 5 nitrogen and oxygen atoms in total. The fourth-order valence-electron chi connectivity index (χ4n) is 1.12. The van der Waals surface area contributed by atoms with Crippen LogP contribution < -0.4 is 5.73 Å². The molecule has 0 saturated carbocycles. The highest BCUT2D eigenvalue weighted by molar-refractivity contribution is 9.11. The van der Waals surface area contributed by atoms with Crippen molar-refractivity contribution in [1.82, 2.24) is 4.90 Å². The topological polar surface area (TPSA) is 78.9 Å². The Morgan fingerprint density at radius 1 is 1.75 bits per heavy atom. The number of carbonyl (C=O) groups excluding carboxylic acids is 1. The minimum atomic E-state index is -0.183. The van der Waals surface area contributed by atoms with Crippen molar-refractivity contribution in [1.29, 1.82) is 0 Å². The summed E-state index contributed by atoms with van der Waals surface area (Å²) in [6, 6.07) is 1.96. The third kappa shape index (κ3) is 3.82. The Labute approximate surface area is 106 Å².